The molecule has 1 aliphatic rings. The summed E-state index contributed by atoms with van der Waals surface area (Å²) in [6, 6.07) is -0.416. The standard InChI is InChI=1S/C11H21N3O6S/c1-2-13-21(18,19)6-3-12-11(17)14-4-5-20-9(8-14)7-10(15)16/h9,13H,2-8H2,1H3,(H,12,17)(H,15,16). The molecule has 0 aromatic carbocycles. The molecule has 0 radical (unpaired) electrons. The maximum Gasteiger partial charge on any atom is 0.317 e. The van der Waals surface area contributed by atoms with Crippen molar-refractivity contribution in [2.45, 2.75) is 19.4 Å². The predicted octanol–water partition coefficient (Wildman–Crippen LogP) is -1.19. The molecule has 0 bridgehead atoms. The molecule has 0 saturated carbocycles. The summed E-state index contributed by atoms with van der Waals surface area (Å²) in [4.78, 5) is 23.9. The molecule has 1 atom stereocenters. The highest BCUT2D eigenvalue weighted by molar-refractivity contribution is 7.89. The molecule has 1 rings (SSSR count). The number of rotatable bonds is 7. The quantitative estimate of drug-likeness (QED) is 0.541. The van der Waals surface area contributed by atoms with Gasteiger partial charge in [0.05, 0.1) is 24.9 Å². The van der Waals surface area contributed by atoms with E-state index in [9.17, 15) is 18.0 Å². The second-order valence-electron chi connectivity index (χ2n) is 4.59. The first kappa shape index (κ1) is 17.7. The second-order valence-corrected chi connectivity index (χ2v) is 6.51. The molecular weight excluding hydrogens is 302 g/mol. The Bertz CT molecular complexity index is 467. The van der Waals surface area contributed by atoms with Crippen molar-refractivity contribution in [1.82, 2.24) is 14.9 Å². The van der Waals surface area contributed by atoms with E-state index in [4.69, 9.17) is 9.84 Å². The Balaban J connectivity index is 2.36. The molecule has 3 N–H and O–H groups in total. The summed E-state index contributed by atoms with van der Waals surface area (Å²) in [7, 11) is -3.37. The molecule has 1 heterocycles. The summed E-state index contributed by atoms with van der Waals surface area (Å²) in [5, 5.41) is 11.2. The highest BCUT2D eigenvalue weighted by Gasteiger charge is 2.25. The Kier molecular flexibility index (Phi) is 6.85. The van der Waals surface area contributed by atoms with E-state index in [-0.39, 0.29) is 31.9 Å². The molecule has 9 nitrogen and oxygen atoms in total. The minimum absolute atomic E-state index is 0.00484. The van der Waals surface area contributed by atoms with Gasteiger partial charge in [-0.1, -0.05) is 6.92 Å². The largest absolute Gasteiger partial charge is 0.481 e. The minimum Gasteiger partial charge on any atom is -0.481 e. The van der Waals surface area contributed by atoms with E-state index in [1.807, 2.05) is 0 Å². The van der Waals surface area contributed by atoms with Crippen LogP contribution in [0.15, 0.2) is 0 Å². The smallest absolute Gasteiger partial charge is 0.317 e. The molecule has 2 amide bonds. The van der Waals surface area contributed by atoms with Crippen molar-refractivity contribution in [2.24, 2.45) is 0 Å². The van der Waals surface area contributed by atoms with Crippen molar-refractivity contribution in [2.75, 3.05) is 38.5 Å². The number of aliphatic carboxylic acids is 1. The Morgan fingerprint density at radius 3 is 2.76 bits per heavy atom. The second kappa shape index (κ2) is 8.15. The Hall–Kier alpha value is -1.39. The molecule has 1 aliphatic heterocycles. The van der Waals surface area contributed by atoms with Crippen molar-refractivity contribution in [3.63, 3.8) is 0 Å². The summed E-state index contributed by atoms with van der Waals surface area (Å²) in [6.07, 6.45) is -0.703. The van der Waals surface area contributed by atoms with Gasteiger partial charge in [-0.15, -0.1) is 0 Å². The monoisotopic (exact) mass is 323 g/mol. The van der Waals surface area contributed by atoms with Crippen molar-refractivity contribution in [1.29, 1.82) is 0 Å². The maximum absolute atomic E-state index is 11.9. The molecule has 0 spiro atoms. The zero-order chi connectivity index (χ0) is 15.9. The first-order valence-corrected chi connectivity index (χ1v) is 8.32. The molecule has 10 heteroatoms. The van der Waals surface area contributed by atoms with Gasteiger partial charge in [0.25, 0.3) is 0 Å². The number of carboxylic acids is 1. The van der Waals surface area contributed by atoms with Crippen LogP contribution in [0.4, 0.5) is 4.79 Å². The lowest BCUT2D eigenvalue weighted by molar-refractivity contribution is -0.141. The van der Waals surface area contributed by atoms with Crippen LogP contribution in [0.3, 0.4) is 0 Å². The van der Waals surface area contributed by atoms with Gasteiger partial charge < -0.3 is 20.1 Å². The maximum atomic E-state index is 11.9. The molecule has 1 saturated heterocycles. The number of urea groups is 1. The number of ether oxygens (including phenoxy) is 1. The van der Waals surface area contributed by atoms with Gasteiger partial charge in [-0.05, 0) is 0 Å². The van der Waals surface area contributed by atoms with Gasteiger partial charge >= 0.3 is 12.0 Å². The average molecular weight is 323 g/mol. The number of hydrogen-bond acceptors (Lipinski definition) is 5. The third-order valence-corrected chi connectivity index (χ3v) is 4.31. The molecule has 0 aromatic rings. The first-order valence-electron chi connectivity index (χ1n) is 6.67. The van der Waals surface area contributed by atoms with Crippen LogP contribution in [0.2, 0.25) is 0 Å². The third kappa shape index (κ3) is 6.74. The van der Waals surface area contributed by atoms with Gasteiger partial charge in [0.2, 0.25) is 10.0 Å². The summed E-state index contributed by atoms with van der Waals surface area (Å²) < 4.78 is 30.4. The molecule has 1 unspecified atom stereocenters. The van der Waals surface area contributed by atoms with E-state index >= 15 is 0 Å². The summed E-state index contributed by atoms with van der Waals surface area (Å²) >= 11 is 0. The van der Waals surface area contributed by atoms with Gasteiger partial charge in [-0.3, -0.25) is 4.79 Å². The SMILES string of the molecule is CCNS(=O)(=O)CCNC(=O)N1CCOC(CC(=O)O)C1. The van der Waals surface area contributed by atoms with Crippen LogP contribution in [-0.4, -0.2) is 75.1 Å². The lowest BCUT2D eigenvalue weighted by Crippen LogP contribution is -2.50. The van der Waals surface area contributed by atoms with Crippen LogP contribution < -0.4 is 10.0 Å². The number of amides is 2. The van der Waals surface area contributed by atoms with Crippen molar-refractivity contribution < 1.29 is 27.9 Å². The number of carboxylic acid groups (broad SMARTS) is 1. The van der Waals surface area contributed by atoms with Crippen LogP contribution in [0.5, 0.6) is 0 Å². The first-order chi connectivity index (χ1) is 9.84. The number of morpholine rings is 1. The van der Waals surface area contributed by atoms with Crippen LogP contribution in [0, 0.1) is 0 Å². The van der Waals surface area contributed by atoms with E-state index in [0.717, 1.165) is 0 Å². The van der Waals surface area contributed by atoms with Gasteiger partial charge in [0.15, 0.2) is 0 Å². The summed E-state index contributed by atoms with van der Waals surface area (Å²) in [5.74, 6) is -1.19. The van der Waals surface area contributed by atoms with Crippen LogP contribution >= 0.6 is 0 Å². The molecule has 1 fully saturated rings. The summed E-state index contributed by atoms with van der Waals surface area (Å²) in [6.45, 7) is 2.76. The fourth-order valence-electron chi connectivity index (χ4n) is 1.92. The van der Waals surface area contributed by atoms with E-state index in [1.54, 1.807) is 6.92 Å². The predicted molar refractivity (Wildman–Crippen MR) is 74.4 cm³/mol. The van der Waals surface area contributed by atoms with Gasteiger partial charge in [-0.2, -0.15) is 0 Å². The summed E-state index contributed by atoms with van der Waals surface area (Å²) in [5.41, 5.74) is 0. The lowest BCUT2D eigenvalue weighted by Gasteiger charge is -2.32. The van der Waals surface area contributed by atoms with Gasteiger partial charge in [0, 0.05) is 26.2 Å². The minimum atomic E-state index is -3.37. The Morgan fingerprint density at radius 1 is 1.43 bits per heavy atom. The van der Waals surface area contributed by atoms with Crippen LogP contribution in [-0.2, 0) is 19.6 Å². The molecule has 0 aliphatic carbocycles. The molecule has 0 aromatic heterocycles. The normalized spacial score (nSPS) is 19.3. The fourth-order valence-corrected chi connectivity index (χ4v) is 2.87. The number of nitrogens with one attached hydrogen (secondary N) is 2. The van der Waals surface area contributed by atoms with Crippen LogP contribution in [0.25, 0.3) is 0 Å². The molecular formula is C11H21N3O6S. The van der Waals surface area contributed by atoms with Gasteiger partial charge in [-0.25, -0.2) is 17.9 Å². The number of sulfonamides is 1. The molecule has 21 heavy (non-hydrogen) atoms. The number of carbonyl (C=O) groups is 2. The number of hydrogen-bond donors (Lipinski definition) is 3. The highest BCUT2D eigenvalue weighted by atomic mass is 32.2. The van der Waals surface area contributed by atoms with E-state index in [2.05, 4.69) is 10.0 Å². The average Bonchev–Trinajstić information content (AvgIpc) is 2.37. The highest BCUT2D eigenvalue weighted by Crippen LogP contribution is 2.08. The van der Waals surface area contributed by atoms with Crippen LogP contribution in [0.1, 0.15) is 13.3 Å². The lowest BCUT2D eigenvalue weighted by atomic mass is 10.2. The van der Waals surface area contributed by atoms with E-state index in [0.29, 0.717) is 13.1 Å². The van der Waals surface area contributed by atoms with Crippen molar-refractivity contribution in [3.8, 4) is 0 Å². The fraction of sp³-hybridized carbons (Fsp3) is 0.818. The third-order valence-electron chi connectivity index (χ3n) is 2.84. The topological polar surface area (TPSA) is 125 Å². The number of nitrogens with zero attached hydrogens (tertiary/aromatic N) is 1. The zero-order valence-electron chi connectivity index (χ0n) is 11.9. The Labute approximate surface area is 123 Å². The zero-order valence-corrected chi connectivity index (χ0v) is 12.7. The Morgan fingerprint density at radius 2 is 2.14 bits per heavy atom. The van der Waals surface area contributed by atoms with E-state index < -0.39 is 28.1 Å². The van der Waals surface area contributed by atoms with E-state index in [1.165, 1.54) is 4.90 Å². The van der Waals surface area contributed by atoms with Gasteiger partial charge in [0.1, 0.15) is 0 Å². The number of carbonyl (C=O) groups excluding carboxylic acids is 1. The van der Waals surface area contributed by atoms with Crippen molar-refractivity contribution >= 4 is 22.0 Å². The molecule has 122 valence electrons. The van der Waals surface area contributed by atoms with Crippen molar-refractivity contribution in [3.05, 3.63) is 0 Å².